The van der Waals surface area contributed by atoms with Crippen molar-refractivity contribution in [3.63, 3.8) is 0 Å². The molecule has 1 unspecified atom stereocenters. The molecule has 0 saturated heterocycles. The normalized spacial score (nSPS) is 17.4. The van der Waals surface area contributed by atoms with E-state index in [9.17, 15) is 43.9 Å². The smallest absolute Gasteiger partial charge is 0.230 e. The molecule has 1 atom stereocenters. The van der Waals surface area contributed by atoms with Crippen molar-refractivity contribution in [1.29, 1.82) is 0 Å². The van der Waals surface area contributed by atoms with Crippen LogP contribution in [-0.2, 0) is 0 Å². The van der Waals surface area contributed by atoms with Crippen molar-refractivity contribution in [2.75, 3.05) is 0 Å². The molecule has 0 nitrogen and oxygen atoms in total. The second-order valence-electron chi connectivity index (χ2n) is 2.81. The first-order valence-electron chi connectivity index (χ1n) is 3.35. The first-order chi connectivity index (χ1) is 6.65. The van der Waals surface area contributed by atoms with Gasteiger partial charge < -0.3 is 0 Å². The van der Waals surface area contributed by atoms with E-state index >= 15 is 0 Å². The van der Waals surface area contributed by atoms with Crippen molar-refractivity contribution in [3.05, 3.63) is 6.92 Å². The molecule has 1 radical (unpaired) electrons. The maximum atomic E-state index is 12.2. The predicted molar refractivity (Wildman–Crippen MR) is 31.1 cm³/mol. The van der Waals surface area contributed by atoms with Crippen LogP contribution in [0.1, 0.15) is 0 Å². The summed E-state index contributed by atoms with van der Waals surface area (Å²) in [6.07, 6.45) is -11.8. The van der Waals surface area contributed by atoms with Crippen molar-refractivity contribution < 1.29 is 43.9 Å². The molecule has 0 rings (SSSR count). The highest BCUT2D eigenvalue weighted by atomic mass is 19.4. The summed E-state index contributed by atoms with van der Waals surface area (Å²) in [7, 11) is 0. The summed E-state index contributed by atoms with van der Waals surface area (Å²) < 4.78 is 119. The Morgan fingerprint density at radius 2 is 1.06 bits per heavy atom. The molecule has 0 N–H and O–H groups in total. The van der Waals surface area contributed by atoms with Gasteiger partial charge in [0.1, 0.15) is 0 Å². The molecule has 0 fully saturated rings. The number of rotatable bonds is 3. The predicted octanol–water partition coefficient (Wildman–Crippen LogP) is 3.63. The van der Waals surface area contributed by atoms with Crippen LogP contribution in [0.5, 0.6) is 0 Å². The first kappa shape index (κ1) is 15.3. The van der Waals surface area contributed by atoms with Crippen LogP contribution in [0, 0.1) is 6.92 Å². The summed E-state index contributed by atoms with van der Waals surface area (Å²) in [5, 5.41) is 0. The second kappa shape index (κ2) is 3.66. The number of alkyl halides is 10. The summed E-state index contributed by atoms with van der Waals surface area (Å²) >= 11 is 0. The lowest BCUT2D eigenvalue weighted by atomic mass is 10.0. The lowest BCUT2D eigenvalue weighted by Crippen LogP contribution is -2.60. The van der Waals surface area contributed by atoms with E-state index < -0.39 is 30.1 Å². The number of hydrogen-bond donors (Lipinski definition) is 0. The van der Waals surface area contributed by atoms with E-state index in [0.717, 1.165) is 0 Å². The van der Waals surface area contributed by atoms with E-state index in [-0.39, 0.29) is 0 Å². The fourth-order valence-electron chi connectivity index (χ4n) is 0.609. The van der Waals surface area contributed by atoms with Gasteiger partial charge in [-0.2, -0.15) is 39.5 Å². The van der Waals surface area contributed by atoms with E-state index in [4.69, 9.17) is 0 Å². The molecule has 0 aromatic heterocycles. The van der Waals surface area contributed by atoms with Gasteiger partial charge in [-0.3, -0.25) is 0 Å². The third-order valence-corrected chi connectivity index (χ3v) is 1.48. The van der Waals surface area contributed by atoms with Gasteiger partial charge in [0.2, 0.25) is 0 Å². The van der Waals surface area contributed by atoms with E-state index in [1.165, 1.54) is 6.92 Å². The molecule has 0 amide bonds. The Morgan fingerprint density at radius 3 is 1.25 bits per heavy atom. The van der Waals surface area contributed by atoms with Crippen LogP contribution in [-0.4, -0.2) is 30.1 Å². The zero-order valence-electron chi connectivity index (χ0n) is 7.06. The van der Waals surface area contributed by atoms with Crippen LogP contribution in [0.3, 0.4) is 0 Å². The molecular weight excluding hydrogens is 262 g/mol. The Balaban J connectivity index is 5.37. The highest BCUT2D eigenvalue weighted by Crippen LogP contribution is 2.50. The van der Waals surface area contributed by atoms with Gasteiger partial charge in [-0.1, -0.05) is 0 Å². The molecule has 0 saturated carbocycles. The van der Waals surface area contributed by atoms with Gasteiger partial charge in [0.05, 0.1) is 0 Å². The highest BCUT2D eigenvalue weighted by molar-refractivity contribution is 5.03. The Kier molecular flexibility index (Phi) is 3.50. The highest BCUT2D eigenvalue weighted by Gasteiger charge is 2.77. The van der Waals surface area contributed by atoms with Gasteiger partial charge in [-0.05, 0) is 0 Å². The van der Waals surface area contributed by atoms with Crippen LogP contribution in [0.25, 0.3) is 0 Å². The summed E-state index contributed by atoms with van der Waals surface area (Å²) in [5.41, 5.74) is 0. The molecule has 0 aromatic rings. The minimum absolute atomic E-state index is 1.28. The molecule has 16 heavy (non-hydrogen) atoms. The summed E-state index contributed by atoms with van der Waals surface area (Å²) in [5.74, 6) is -18.9. The number of hydrogen-bond acceptors (Lipinski definition) is 0. The fourth-order valence-corrected chi connectivity index (χ4v) is 0.609. The van der Waals surface area contributed by atoms with Crippen molar-refractivity contribution >= 4 is 0 Å². The Hall–Kier alpha value is -0.700. The van der Waals surface area contributed by atoms with Gasteiger partial charge in [0.25, 0.3) is 6.17 Å². The lowest BCUT2D eigenvalue weighted by molar-refractivity contribution is -0.346. The SMILES string of the molecule is [CH2]C(F)(F)C(F)(F)C(F)(F)C(F)C(F)(F)F. The van der Waals surface area contributed by atoms with Crippen LogP contribution in [0.2, 0.25) is 0 Å². The van der Waals surface area contributed by atoms with Crippen molar-refractivity contribution in [3.8, 4) is 0 Å². The Morgan fingerprint density at radius 1 is 0.750 bits per heavy atom. The van der Waals surface area contributed by atoms with E-state index in [2.05, 4.69) is 0 Å². The average molecular weight is 265 g/mol. The Labute approximate surface area is 82.2 Å². The fraction of sp³-hybridized carbons (Fsp3) is 0.833. The quantitative estimate of drug-likeness (QED) is 0.683. The second-order valence-corrected chi connectivity index (χ2v) is 2.81. The third-order valence-electron chi connectivity index (χ3n) is 1.48. The van der Waals surface area contributed by atoms with Gasteiger partial charge in [-0.25, -0.2) is 4.39 Å². The lowest BCUT2D eigenvalue weighted by Gasteiger charge is -2.33. The van der Waals surface area contributed by atoms with Crippen molar-refractivity contribution in [2.45, 2.75) is 30.1 Å². The van der Waals surface area contributed by atoms with Crippen molar-refractivity contribution in [1.82, 2.24) is 0 Å². The number of halogens is 10. The zero-order valence-corrected chi connectivity index (χ0v) is 7.06. The van der Waals surface area contributed by atoms with Crippen LogP contribution >= 0.6 is 0 Å². The zero-order chi connectivity index (χ0) is 13.6. The molecule has 0 bridgehead atoms. The van der Waals surface area contributed by atoms with E-state index in [1.54, 1.807) is 0 Å². The van der Waals surface area contributed by atoms with Gasteiger partial charge in [-0.15, -0.1) is 0 Å². The molecule has 0 heterocycles. The van der Waals surface area contributed by atoms with Gasteiger partial charge in [0.15, 0.2) is 0 Å². The maximum absolute atomic E-state index is 12.2. The summed E-state index contributed by atoms with van der Waals surface area (Å²) in [4.78, 5) is 0. The molecule has 0 aliphatic heterocycles. The van der Waals surface area contributed by atoms with E-state index in [1.807, 2.05) is 0 Å². The maximum Gasteiger partial charge on any atom is 0.425 e. The summed E-state index contributed by atoms with van der Waals surface area (Å²) in [6, 6.07) is 0. The van der Waals surface area contributed by atoms with Crippen LogP contribution in [0.4, 0.5) is 43.9 Å². The topological polar surface area (TPSA) is 0 Å². The average Bonchev–Trinajstić information content (AvgIpc) is 1.98. The minimum atomic E-state index is -6.61. The molecule has 0 spiro atoms. The first-order valence-corrected chi connectivity index (χ1v) is 3.35. The monoisotopic (exact) mass is 265 g/mol. The third kappa shape index (κ3) is 2.34. The molecule has 10 heteroatoms. The molecule has 0 aliphatic carbocycles. The molecule has 0 aromatic carbocycles. The van der Waals surface area contributed by atoms with Crippen molar-refractivity contribution in [2.24, 2.45) is 0 Å². The molecule has 97 valence electrons. The van der Waals surface area contributed by atoms with Crippen LogP contribution < -0.4 is 0 Å². The molecule has 0 aliphatic rings. The largest absolute Gasteiger partial charge is 0.425 e. The van der Waals surface area contributed by atoms with Gasteiger partial charge in [0, 0.05) is 6.92 Å². The van der Waals surface area contributed by atoms with Gasteiger partial charge >= 0.3 is 23.9 Å². The molecular formula is C6H3F10. The summed E-state index contributed by atoms with van der Waals surface area (Å²) in [6.45, 7) is 1.28. The standard InChI is InChI=1S/C6H3F10/c1-3(8,9)6(15,16)4(10,11)2(7)5(12,13)14/h2H,1H2. The van der Waals surface area contributed by atoms with Crippen LogP contribution in [0.15, 0.2) is 0 Å². The minimum Gasteiger partial charge on any atom is -0.230 e. The Bertz CT molecular complexity index is 245. The van der Waals surface area contributed by atoms with E-state index in [0.29, 0.717) is 0 Å².